The van der Waals surface area contributed by atoms with Gasteiger partial charge in [0, 0.05) is 7.11 Å². The number of carbonyl (C=O) groups excluding carboxylic acids is 1. The van der Waals surface area contributed by atoms with Crippen molar-refractivity contribution in [1.82, 2.24) is 0 Å². The Bertz CT molecular complexity index is 224. The van der Waals surface area contributed by atoms with Gasteiger partial charge in [0.15, 0.2) is 0 Å². The van der Waals surface area contributed by atoms with Crippen molar-refractivity contribution in [3.05, 3.63) is 0 Å². The molecule has 0 amide bonds. The largest absolute Gasteiger partial charge is 0.465 e. The summed E-state index contributed by atoms with van der Waals surface area (Å²) in [4.78, 5) is 12.3. The molecule has 0 radical (unpaired) electrons. The zero-order chi connectivity index (χ0) is 13.6. The molecule has 102 valence electrons. The second-order valence-corrected chi connectivity index (χ2v) is 5.78. The number of ether oxygens (including phenoxy) is 2. The van der Waals surface area contributed by atoms with Crippen LogP contribution < -0.4 is 0 Å². The van der Waals surface area contributed by atoms with E-state index in [1.807, 2.05) is 13.8 Å². The van der Waals surface area contributed by atoms with Crippen molar-refractivity contribution in [1.29, 1.82) is 0 Å². The van der Waals surface area contributed by atoms with Gasteiger partial charge in [-0.05, 0) is 17.8 Å². The van der Waals surface area contributed by atoms with Crippen molar-refractivity contribution >= 4 is 5.97 Å². The molecule has 0 saturated heterocycles. The second kappa shape index (κ2) is 7.00. The third kappa shape index (κ3) is 3.98. The van der Waals surface area contributed by atoms with Crippen molar-refractivity contribution in [3.63, 3.8) is 0 Å². The predicted molar refractivity (Wildman–Crippen MR) is 69.8 cm³/mol. The van der Waals surface area contributed by atoms with E-state index in [0.29, 0.717) is 19.1 Å². The topological polar surface area (TPSA) is 35.5 Å². The monoisotopic (exact) mass is 244 g/mol. The van der Waals surface area contributed by atoms with Crippen molar-refractivity contribution in [2.45, 2.75) is 41.5 Å². The molecule has 0 aromatic carbocycles. The van der Waals surface area contributed by atoms with Crippen LogP contribution in [0, 0.1) is 23.2 Å². The Morgan fingerprint density at radius 2 is 1.53 bits per heavy atom. The van der Waals surface area contributed by atoms with Gasteiger partial charge in [-0.15, -0.1) is 0 Å². The molecular formula is C14H28O3. The van der Waals surface area contributed by atoms with E-state index in [4.69, 9.17) is 9.47 Å². The minimum absolute atomic E-state index is 0.127. The van der Waals surface area contributed by atoms with Crippen LogP contribution in [0.3, 0.4) is 0 Å². The van der Waals surface area contributed by atoms with Gasteiger partial charge in [-0.25, -0.2) is 0 Å². The van der Waals surface area contributed by atoms with Gasteiger partial charge < -0.3 is 9.47 Å². The van der Waals surface area contributed by atoms with Crippen LogP contribution in [0.25, 0.3) is 0 Å². The Morgan fingerprint density at radius 1 is 1.06 bits per heavy atom. The van der Waals surface area contributed by atoms with Crippen LogP contribution in [-0.2, 0) is 14.3 Å². The molecule has 17 heavy (non-hydrogen) atoms. The van der Waals surface area contributed by atoms with E-state index < -0.39 is 5.41 Å². The molecule has 0 aliphatic carbocycles. The first kappa shape index (κ1) is 16.4. The van der Waals surface area contributed by atoms with E-state index in [2.05, 4.69) is 27.7 Å². The van der Waals surface area contributed by atoms with E-state index in [1.165, 1.54) is 0 Å². The van der Waals surface area contributed by atoms with Crippen LogP contribution in [0.15, 0.2) is 0 Å². The Labute approximate surface area is 106 Å². The summed E-state index contributed by atoms with van der Waals surface area (Å²) < 4.78 is 10.7. The molecule has 0 heterocycles. The van der Waals surface area contributed by atoms with E-state index in [-0.39, 0.29) is 17.8 Å². The number of hydrogen-bond donors (Lipinski definition) is 0. The van der Waals surface area contributed by atoms with Crippen molar-refractivity contribution < 1.29 is 14.3 Å². The number of hydrogen-bond acceptors (Lipinski definition) is 3. The summed E-state index contributed by atoms with van der Waals surface area (Å²) in [6, 6.07) is 0. The van der Waals surface area contributed by atoms with Crippen LogP contribution in [-0.4, -0.2) is 26.3 Å². The maximum Gasteiger partial charge on any atom is 0.314 e. The molecule has 0 aromatic heterocycles. The van der Waals surface area contributed by atoms with E-state index in [1.54, 1.807) is 7.11 Å². The summed E-state index contributed by atoms with van der Waals surface area (Å²) in [5, 5.41) is 0. The molecule has 0 bridgehead atoms. The fourth-order valence-electron chi connectivity index (χ4n) is 2.15. The minimum atomic E-state index is -0.538. The lowest BCUT2D eigenvalue weighted by Crippen LogP contribution is -2.46. The van der Waals surface area contributed by atoms with Gasteiger partial charge in [-0.1, -0.05) is 41.5 Å². The highest BCUT2D eigenvalue weighted by atomic mass is 16.5. The average molecular weight is 244 g/mol. The van der Waals surface area contributed by atoms with Gasteiger partial charge in [0.1, 0.15) is 0 Å². The average Bonchev–Trinajstić information content (AvgIpc) is 2.21. The fraction of sp³-hybridized carbons (Fsp3) is 0.929. The Morgan fingerprint density at radius 3 is 1.82 bits per heavy atom. The Hall–Kier alpha value is -0.570. The van der Waals surface area contributed by atoms with Crippen LogP contribution in [0.1, 0.15) is 41.5 Å². The number of esters is 1. The first-order valence-corrected chi connectivity index (χ1v) is 6.45. The zero-order valence-electron chi connectivity index (χ0n) is 12.4. The first-order valence-electron chi connectivity index (χ1n) is 6.45. The molecule has 0 spiro atoms. The molecule has 0 aromatic rings. The van der Waals surface area contributed by atoms with Crippen LogP contribution >= 0.6 is 0 Å². The molecule has 0 unspecified atom stereocenters. The van der Waals surface area contributed by atoms with E-state index in [0.717, 1.165) is 0 Å². The summed E-state index contributed by atoms with van der Waals surface area (Å²) in [5.74, 6) is 0.626. The summed E-state index contributed by atoms with van der Waals surface area (Å²) in [7, 11) is 1.63. The van der Waals surface area contributed by atoms with Crippen LogP contribution in [0.5, 0.6) is 0 Å². The van der Waals surface area contributed by atoms with Crippen LogP contribution in [0.4, 0.5) is 0 Å². The van der Waals surface area contributed by atoms with Gasteiger partial charge in [0.2, 0.25) is 0 Å². The van der Waals surface area contributed by atoms with Crippen molar-refractivity contribution in [2.24, 2.45) is 23.2 Å². The standard InChI is InChI=1S/C14H28O3/c1-10(2)8-17-13(15)14(9-16-7,11(3)4)12(5)6/h10-12H,8-9H2,1-7H3. The molecule has 3 nitrogen and oxygen atoms in total. The highest BCUT2D eigenvalue weighted by molar-refractivity contribution is 5.77. The van der Waals surface area contributed by atoms with E-state index >= 15 is 0 Å². The van der Waals surface area contributed by atoms with Gasteiger partial charge >= 0.3 is 5.97 Å². The lowest BCUT2D eigenvalue weighted by Gasteiger charge is -2.38. The van der Waals surface area contributed by atoms with Crippen molar-refractivity contribution in [2.75, 3.05) is 20.3 Å². The predicted octanol–water partition coefficient (Wildman–Crippen LogP) is 3.13. The number of rotatable bonds is 7. The fourth-order valence-corrected chi connectivity index (χ4v) is 2.15. The highest BCUT2D eigenvalue weighted by Gasteiger charge is 2.46. The van der Waals surface area contributed by atoms with Crippen LogP contribution in [0.2, 0.25) is 0 Å². The highest BCUT2D eigenvalue weighted by Crippen LogP contribution is 2.37. The van der Waals surface area contributed by atoms with Gasteiger partial charge in [-0.2, -0.15) is 0 Å². The lowest BCUT2D eigenvalue weighted by atomic mass is 9.69. The van der Waals surface area contributed by atoms with E-state index in [9.17, 15) is 4.79 Å². The SMILES string of the molecule is COCC(C(=O)OCC(C)C)(C(C)C)C(C)C. The molecule has 0 saturated carbocycles. The normalized spacial score (nSPS) is 12.6. The molecule has 3 heteroatoms. The first-order chi connectivity index (χ1) is 7.78. The quantitative estimate of drug-likeness (QED) is 0.645. The summed E-state index contributed by atoms with van der Waals surface area (Å²) in [5.41, 5.74) is -0.538. The Balaban J connectivity index is 4.94. The van der Waals surface area contributed by atoms with Gasteiger partial charge in [0.25, 0.3) is 0 Å². The number of methoxy groups -OCH3 is 1. The lowest BCUT2D eigenvalue weighted by molar-refractivity contribution is -0.169. The third-order valence-corrected chi connectivity index (χ3v) is 3.37. The molecule has 0 fully saturated rings. The molecular weight excluding hydrogens is 216 g/mol. The molecule has 0 rings (SSSR count). The molecule has 0 aliphatic heterocycles. The summed E-state index contributed by atoms with van der Waals surface area (Å²) in [6.45, 7) is 13.2. The third-order valence-electron chi connectivity index (χ3n) is 3.37. The van der Waals surface area contributed by atoms with Gasteiger partial charge in [0.05, 0.1) is 18.6 Å². The zero-order valence-corrected chi connectivity index (χ0v) is 12.4. The summed E-state index contributed by atoms with van der Waals surface area (Å²) in [6.07, 6.45) is 0. The smallest absolute Gasteiger partial charge is 0.314 e. The Kier molecular flexibility index (Phi) is 6.76. The molecule has 0 N–H and O–H groups in total. The number of carbonyl (C=O) groups is 1. The van der Waals surface area contributed by atoms with Gasteiger partial charge in [-0.3, -0.25) is 4.79 Å². The second-order valence-electron chi connectivity index (χ2n) is 5.78. The molecule has 0 aliphatic rings. The maximum atomic E-state index is 12.3. The molecule has 0 atom stereocenters. The minimum Gasteiger partial charge on any atom is -0.465 e. The maximum absolute atomic E-state index is 12.3. The van der Waals surface area contributed by atoms with Crippen molar-refractivity contribution in [3.8, 4) is 0 Å². The summed E-state index contributed by atoms with van der Waals surface area (Å²) >= 11 is 0.